The van der Waals surface area contributed by atoms with E-state index in [1.807, 2.05) is 0 Å². The van der Waals surface area contributed by atoms with Gasteiger partial charge in [0.2, 0.25) is 0 Å². The number of phenolic OH excluding ortho intramolecular Hbond substituents is 1. The summed E-state index contributed by atoms with van der Waals surface area (Å²) in [7, 11) is 0. The molecule has 8 heteroatoms. The summed E-state index contributed by atoms with van der Waals surface area (Å²) in [6.07, 6.45) is -3.49. The van der Waals surface area contributed by atoms with E-state index in [2.05, 4.69) is 5.32 Å². The van der Waals surface area contributed by atoms with Crippen molar-refractivity contribution >= 4 is 29.3 Å². The zero-order valence-corrected chi connectivity index (χ0v) is 13.2. The number of nitriles is 1. The van der Waals surface area contributed by atoms with Gasteiger partial charge in [-0.25, -0.2) is 0 Å². The molecule has 0 radical (unpaired) electrons. The van der Waals surface area contributed by atoms with Crippen molar-refractivity contribution < 1.29 is 23.1 Å². The molecule has 0 spiro atoms. The largest absolute Gasteiger partial charge is 0.507 e. The molecule has 2 N–H and O–H groups in total. The maximum absolute atomic E-state index is 12.7. The van der Waals surface area contributed by atoms with E-state index in [9.17, 15) is 23.1 Å². The van der Waals surface area contributed by atoms with Crippen molar-refractivity contribution in [3.63, 3.8) is 0 Å². The third-order valence-electron chi connectivity index (χ3n) is 3.14. The normalized spacial score (nSPS) is 11.7. The molecule has 2 aromatic rings. The summed E-state index contributed by atoms with van der Waals surface area (Å²) in [4.78, 5) is 12.1. The molecule has 2 aromatic carbocycles. The van der Waals surface area contributed by atoms with Gasteiger partial charge in [-0.1, -0.05) is 29.8 Å². The average molecular weight is 367 g/mol. The highest BCUT2D eigenvalue weighted by Crippen LogP contribution is 2.34. The summed E-state index contributed by atoms with van der Waals surface area (Å²) in [6.45, 7) is 0. The number of benzene rings is 2. The lowest BCUT2D eigenvalue weighted by molar-refractivity contribution is -0.137. The Morgan fingerprint density at radius 1 is 1.24 bits per heavy atom. The molecule has 1 amide bonds. The highest BCUT2D eigenvalue weighted by atomic mass is 35.5. The van der Waals surface area contributed by atoms with Crippen molar-refractivity contribution in [1.82, 2.24) is 0 Å². The van der Waals surface area contributed by atoms with Crippen LogP contribution in [0.25, 0.3) is 6.08 Å². The SMILES string of the molecule is N#C/C(=C/c1ccccc1O)C(=O)Nc1cc(C(F)(F)F)ccc1Cl. The zero-order chi connectivity index (χ0) is 18.6. The molecule has 0 atom stereocenters. The van der Waals surface area contributed by atoms with Gasteiger partial charge >= 0.3 is 6.18 Å². The molecule has 0 saturated carbocycles. The molecule has 0 aliphatic heterocycles. The Hall–Kier alpha value is -2.98. The average Bonchev–Trinajstić information content (AvgIpc) is 2.55. The first-order valence-electron chi connectivity index (χ1n) is 6.80. The van der Waals surface area contributed by atoms with Gasteiger partial charge < -0.3 is 10.4 Å². The predicted octanol–water partition coefficient (Wildman–Crippen LogP) is 4.61. The summed E-state index contributed by atoms with van der Waals surface area (Å²) in [6, 6.07) is 10.1. The van der Waals surface area contributed by atoms with Crippen molar-refractivity contribution in [3.8, 4) is 11.8 Å². The molecule has 0 fully saturated rings. The van der Waals surface area contributed by atoms with Gasteiger partial charge in [0, 0.05) is 5.56 Å². The highest BCUT2D eigenvalue weighted by molar-refractivity contribution is 6.34. The Morgan fingerprint density at radius 2 is 1.92 bits per heavy atom. The van der Waals surface area contributed by atoms with E-state index in [1.54, 1.807) is 18.2 Å². The molecule has 0 aliphatic rings. The molecule has 0 aliphatic carbocycles. The number of carbonyl (C=O) groups is 1. The Labute approximate surface area is 145 Å². The molecule has 0 bridgehead atoms. The van der Waals surface area contributed by atoms with E-state index < -0.39 is 23.2 Å². The number of amides is 1. The molecule has 2 rings (SSSR count). The van der Waals surface area contributed by atoms with Crippen LogP contribution in [0.15, 0.2) is 48.0 Å². The molecule has 25 heavy (non-hydrogen) atoms. The third-order valence-corrected chi connectivity index (χ3v) is 3.47. The summed E-state index contributed by atoms with van der Waals surface area (Å²) in [5, 5.41) is 20.8. The number of phenols is 1. The topological polar surface area (TPSA) is 73.1 Å². The molecule has 0 unspecified atom stereocenters. The van der Waals surface area contributed by atoms with Crippen LogP contribution in [0.5, 0.6) is 5.75 Å². The number of hydrogen-bond donors (Lipinski definition) is 2. The number of hydrogen-bond acceptors (Lipinski definition) is 3. The van der Waals surface area contributed by atoms with Gasteiger partial charge in [0.05, 0.1) is 16.3 Å². The number of alkyl halides is 3. The van der Waals surface area contributed by atoms with Crippen molar-refractivity contribution in [2.24, 2.45) is 0 Å². The first kappa shape index (κ1) is 18.4. The quantitative estimate of drug-likeness (QED) is 0.615. The fourth-order valence-electron chi connectivity index (χ4n) is 1.90. The molecule has 4 nitrogen and oxygen atoms in total. The fourth-order valence-corrected chi connectivity index (χ4v) is 2.07. The highest BCUT2D eigenvalue weighted by Gasteiger charge is 2.31. The van der Waals surface area contributed by atoms with Crippen LogP contribution in [0, 0.1) is 11.3 Å². The fraction of sp³-hybridized carbons (Fsp3) is 0.0588. The van der Waals surface area contributed by atoms with E-state index in [-0.39, 0.29) is 22.0 Å². The van der Waals surface area contributed by atoms with Crippen LogP contribution in [0.3, 0.4) is 0 Å². The van der Waals surface area contributed by atoms with Crippen molar-refractivity contribution in [2.45, 2.75) is 6.18 Å². The molecular formula is C17H10ClF3N2O2. The minimum Gasteiger partial charge on any atom is -0.507 e. The lowest BCUT2D eigenvalue weighted by Crippen LogP contribution is -2.15. The maximum Gasteiger partial charge on any atom is 0.416 e. The van der Waals surface area contributed by atoms with Crippen LogP contribution in [0.1, 0.15) is 11.1 Å². The van der Waals surface area contributed by atoms with Gasteiger partial charge in [0.25, 0.3) is 5.91 Å². The standard InChI is InChI=1S/C17H10ClF3N2O2/c18-13-6-5-12(17(19,20)21)8-14(13)23-16(25)11(9-22)7-10-3-1-2-4-15(10)24/h1-8,24H,(H,23,25)/b11-7-. The van der Waals surface area contributed by atoms with Crippen LogP contribution >= 0.6 is 11.6 Å². The number of nitrogens with zero attached hydrogens (tertiary/aromatic N) is 1. The van der Waals surface area contributed by atoms with E-state index >= 15 is 0 Å². The number of rotatable bonds is 3. The molecular weight excluding hydrogens is 357 g/mol. The van der Waals surface area contributed by atoms with Gasteiger partial charge in [-0.05, 0) is 30.3 Å². The van der Waals surface area contributed by atoms with Crippen molar-refractivity contribution in [2.75, 3.05) is 5.32 Å². The summed E-state index contributed by atoms with van der Waals surface area (Å²) in [5.41, 5.74) is -1.46. The minimum atomic E-state index is -4.60. The Bertz CT molecular complexity index is 886. The van der Waals surface area contributed by atoms with E-state index in [1.165, 1.54) is 12.1 Å². The van der Waals surface area contributed by atoms with Gasteiger partial charge in [0.1, 0.15) is 17.4 Å². The van der Waals surface area contributed by atoms with Crippen LogP contribution in [-0.2, 0) is 11.0 Å². The van der Waals surface area contributed by atoms with Crippen molar-refractivity contribution in [1.29, 1.82) is 5.26 Å². The summed E-state index contributed by atoms with van der Waals surface area (Å²) in [5.74, 6) is -1.10. The Kier molecular flexibility index (Phi) is 5.35. The second-order valence-electron chi connectivity index (χ2n) is 4.88. The summed E-state index contributed by atoms with van der Waals surface area (Å²) < 4.78 is 38.2. The van der Waals surface area contributed by atoms with Crippen LogP contribution in [0.4, 0.5) is 18.9 Å². The smallest absolute Gasteiger partial charge is 0.416 e. The van der Waals surface area contributed by atoms with E-state index in [0.29, 0.717) is 6.07 Å². The number of aromatic hydroxyl groups is 1. The van der Waals surface area contributed by atoms with Gasteiger partial charge in [0.15, 0.2) is 0 Å². The Balaban J connectivity index is 2.32. The number of para-hydroxylation sites is 1. The second kappa shape index (κ2) is 7.28. The van der Waals surface area contributed by atoms with Gasteiger partial charge in [-0.15, -0.1) is 0 Å². The monoisotopic (exact) mass is 366 g/mol. The number of nitrogens with one attached hydrogen (secondary N) is 1. The second-order valence-corrected chi connectivity index (χ2v) is 5.28. The minimum absolute atomic E-state index is 0.110. The van der Waals surface area contributed by atoms with Crippen LogP contribution in [0.2, 0.25) is 5.02 Å². The van der Waals surface area contributed by atoms with Crippen LogP contribution in [-0.4, -0.2) is 11.0 Å². The first-order chi connectivity index (χ1) is 11.7. The first-order valence-corrected chi connectivity index (χ1v) is 7.18. The molecule has 0 heterocycles. The molecule has 128 valence electrons. The predicted molar refractivity (Wildman–Crippen MR) is 86.8 cm³/mol. The number of halogens is 4. The lowest BCUT2D eigenvalue weighted by Gasteiger charge is -2.11. The van der Waals surface area contributed by atoms with E-state index in [4.69, 9.17) is 16.9 Å². The van der Waals surface area contributed by atoms with Crippen LogP contribution < -0.4 is 5.32 Å². The molecule has 0 saturated heterocycles. The van der Waals surface area contributed by atoms with E-state index in [0.717, 1.165) is 18.2 Å². The number of anilines is 1. The maximum atomic E-state index is 12.7. The van der Waals surface area contributed by atoms with Gasteiger partial charge in [-0.3, -0.25) is 4.79 Å². The zero-order valence-electron chi connectivity index (χ0n) is 12.4. The molecule has 0 aromatic heterocycles. The van der Waals surface area contributed by atoms with Gasteiger partial charge in [-0.2, -0.15) is 18.4 Å². The summed E-state index contributed by atoms with van der Waals surface area (Å²) >= 11 is 5.80. The Morgan fingerprint density at radius 3 is 2.52 bits per heavy atom. The lowest BCUT2D eigenvalue weighted by atomic mass is 10.1. The third kappa shape index (κ3) is 4.52. The number of carbonyl (C=O) groups excluding carboxylic acids is 1. The van der Waals surface area contributed by atoms with Crippen molar-refractivity contribution in [3.05, 3.63) is 64.2 Å².